The molecule has 1 saturated heterocycles. The molecule has 86 valence electrons. The number of aliphatic hydroxyl groups is 1. The van der Waals surface area contributed by atoms with Gasteiger partial charge in [0.25, 0.3) is 0 Å². The van der Waals surface area contributed by atoms with Crippen LogP contribution in [0.25, 0.3) is 0 Å². The van der Waals surface area contributed by atoms with E-state index in [2.05, 4.69) is 9.55 Å². The van der Waals surface area contributed by atoms with Crippen molar-refractivity contribution in [1.29, 1.82) is 0 Å². The number of imidazole rings is 1. The van der Waals surface area contributed by atoms with Crippen LogP contribution in [0.2, 0.25) is 0 Å². The highest BCUT2D eigenvalue weighted by Crippen LogP contribution is 2.23. The fourth-order valence-electron chi connectivity index (χ4n) is 2.46. The molecule has 2 aliphatic heterocycles. The predicted octanol–water partition coefficient (Wildman–Crippen LogP) is -0.351. The summed E-state index contributed by atoms with van der Waals surface area (Å²) in [5.74, 6) is 1.24. The lowest BCUT2D eigenvalue weighted by Gasteiger charge is -2.38. The van der Waals surface area contributed by atoms with Crippen molar-refractivity contribution in [3.63, 3.8) is 0 Å². The van der Waals surface area contributed by atoms with Gasteiger partial charge in [0, 0.05) is 44.4 Å². The second-order valence-electron chi connectivity index (χ2n) is 4.62. The molecule has 1 fully saturated rings. The van der Waals surface area contributed by atoms with E-state index in [0.29, 0.717) is 13.1 Å². The minimum absolute atomic E-state index is 0.0578. The third kappa shape index (κ3) is 1.51. The number of hydrogen-bond acceptors (Lipinski definition) is 3. The van der Waals surface area contributed by atoms with Gasteiger partial charge in [-0.25, -0.2) is 4.98 Å². The number of nitrogens with zero attached hydrogens (tertiary/aromatic N) is 3. The first-order valence-electron chi connectivity index (χ1n) is 5.71. The average molecular weight is 221 g/mol. The molecule has 1 amide bonds. The number of aryl methyl sites for hydroxylation is 1. The van der Waals surface area contributed by atoms with Crippen LogP contribution < -0.4 is 0 Å². The molecule has 5 heteroatoms. The Balaban J connectivity index is 1.67. The second kappa shape index (κ2) is 3.59. The van der Waals surface area contributed by atoms with Crippen LogP contribution in [0.4, 0.5) is 0 Å². The summed E-state index contributed by atoms with van der Waals surface area (Å²) in [6.07, 6.45) is 5.06. The summed E-state index contributed by atoms with van der Waals surface area (Å²) in [6, 6.07) is 0. The van der Waals surface area contributed by atoms with E-state index in [4.69, 9.17) is 0 Å². The molecule has 0 aliphatic carbocycles. The molecule has 1 unspecified atom stereocenters. The Morgan fingerprint density at radius 2 is 2.31 bits per heavy atom. The molecule has 1 atom stereocenters. The van der Waals surface area contributed by atoms with Crippen molar-refractivity contribution in [1.82, 2.24) is 14.5 Å². The molecule has 0 bridgehead atoms. The number of carbonyl (C=O) groups excluding carboxylic acids is 1. The van der Waals surface area contributed by atoms with Crippen molar-refractivity contribution in [2.24, 2.45) is 5.92 Å². The summed E-state index contributed by atoms with van der Waals surface area (Å²) in [5.41, 5.74) is 0. The van der Waals surface area contributed by atoms with Crippen molar-refractivity contribution in [2.45, 2.75) is 25.5 Å². The first-order valence-corrected chi connectivity index (χ1v) is 5.71. The molecular weight excluding hydrogens is 206 g/mol. The first kappa shape index (κ1) is 9.84. The highest BCUT2D eigenvalue weighted by molar-refractivity contribution is 5.80. The van der Waals surface area contributed by atoms with Crippen molar-refractivity contribution < 1.29 is 9.90 Å². The predicted molar refractivity (Wildman–Crippen MR) is 56.6 cm³/mol. The van der Waals surface area contributed by atoms with Crippen molar-refractivity contribution in [2.75, 3.05) is 13.1 Å². The van der Waals surface area contributed by atoms with Gasteiger partial charge in [-0.15, -0.1) is 0 Å². The van der Waals surface area contributed by atoms with Crippen LogP contribution in [0, 0.1) is 5.92 Å². The normalized spacial score (nSPS) is 25.1. The van der Waals surface area contributed by atoms with Gasteiger partial charge < -0.3 is 14.6 Å². The molecule has 1 aromatic heterocycles. The fraction of sp³-hybridized carbons (Fsp3) is 0.636. The van der Waals surface area contributed by atoms with Gasteiger partial charge in [0.2, 0.25) is 5.91 Å². The van der Waals surface area contributed by atoms with Crippen LogP contribution in [-0.2, 0) is 17.8 Å². The molecule has 1 aromatic rings. The molecule has 0 saturated carbocycles. The number of aromatic nitrogens is 2. The van der Waals surface area contributed by atoms with Gasteiger partial charge in [0.15, 0.2) is 0 Å². The van der Waals surface area contributed by atoms with Gasteiger partial charge >= 0.3 is 0 Å². The van der Waals surface area contributed by atoms with E-state index in [9.17, 15) is 9.90 Å². The number of amides is 1. The van der Waals surface area contributed by atoms with Gasteiger partial charge in [-0.2, -0.15) is 0 Å². The third-order valence-electron chi connectivity index (χ3n) is 3.47. The maximum Gasteiger partial charge on any atom is 0.226 e. The standard InChI is InChI=1S/C11H15N3O2/c15-9-6-14(7-9)11(16)8-1-3-13-4-2-12-10(13)5-8/h2,4,8-9,15H,1,3,5-7H2. The van der Waals surface area contributed by atoms with E-state index >= 15 is 0 Å². The quantitative estimate of drug-likeness (QED) is 0.705. The van der Waals surface area contributed by atoms with Crippen molar-refractivity contribution in [3.8, 4) is 0 Å². The zero-order chi connectivity index (χ0) is 11.1. The van der Waals surface area contributed by atoms with E-state index in [0.717, 1.165) is 25.2 Å². The van der Waals surface area contributed by atoms with Gasteiger partial charge in [-0.3, -0.25) is 4.79 Å². The number of likely N-dealkylation sites (tertiary alicyclic amines) is 1. The Hall–Kier alpha value is -1.36. The maximum atomic E-state index is 12.0. The fourth-order valence-corrected chi connectivity index (χ4v) is 2.46. The van der Waals surface area contributed by atoms with Gasteiger partial charge in [-0.1, -0.05) is 0 Å². The minimum atomic E-state index is -0.311. The maximum absolute atomic E-state index is 12.0. The summed E-state index contributed by atoms with van der Waals surface area (Å²) < 4.78 is 2.11. The smallest absolute Gasteiger partial charge is 0.226 e. The van der Waals surface area contributed by atoms with E-state index in [-0.39, 0.29) is 17.9 Å². The Morgan fingerprint density at radius 1 is 1.50 bits per heavy atom. The van der Waals surface area contributed by atoms with E-state index in [1.54, 1.807) is 11.1 Å². The molecular formula is C11H15N3O2. The minimum Gasteiger partial charge on any atom is -0.389 e. The largest absolute Gasteiger partial charge is 0.389 e. The Bertz CT molecular complexity index is 409. The Kier molecular flexibility index (Phi) is 2.21. The lowest BCUT2D eigenvalue weighted by Crippen LogP contribution is -2.55. The van der Waals surface area contributed by atoms with Gasteiger partial charge in [-0.05, 0) is 6.42 Å². The molecule has 2 aliphatic rings. The van der Waals surface area contributed by atoms with E-state index < -0.39 is 0 Å². The number of β-amino-alcohol motifs (C(OH)–C–C–N with tert-alkyl or cyclic N) is 1. The zero-order valence-corrected chi connectivity index (χ0v) is 9.04. The number of carbonyl (C=O) groups is 1. The summed E-state index contributed by atoms with van der Waals surface area (Å²) in [7, 11) is 0. The Labute approximate surface area is 93.7 Å². The summed E-state index contributed by atoms with van der Waals surface area (Å²) in [5, 5.41) is 9.18. The number of fused-ring (bicyclic) bond motifs is 1. The van der Waals surface area contributed by atoms with E-state index in [1.807, 2.05) is 6.20 Å². The highest BCUT2D eigenvalue weighted by atomic mass is 16.3. The topological polar surface area (TPSA) is 58.4 Å². The van der Waals surface area contributed by atoms with Gasteiger partial charge in [0.05, 0.1) is 6.10 Å². The molecule has 5 nitrogen and oxygen atoms in total. The number of aliphatic hydroxyl groups excluding tert-OH is 1. The molecule has 1 N–H and O–H groups in total. The molecule has 3 heterocycles. The van der Waals surface area contributed by atoms with E-state index in [1.165, 1.54) is 0 Å². The van der Waals surface area contributed by atoms with Crippen LogP contribution in [0.15, 0.2) is 12.4 Å². The van der Waals surface area contributed by atoms with Crippen LogP contribution in [0.3, 0.4) is 0 Å². The zero-order valence-electron chi connectivity index (χ0n) is 9.04. The monoisotopic (exact) mass is 221 g/mol. The second-order valence-corrected chi connectivity index (χ2v) is 4.62. The summed E-state index contributed by atoms with van der Waals surface area (Å²) >= 11 is 0. The summed E-state index contributed by atoms with van der Waals surface area (Å²) in [6.45, 7) is 1.88. The highest BCUT2D eigenvalue weighted by Gasteiger charge is 2.35. The molecule has 3 rings (SSSR count). The lowest BCUT2D eigenvalue weighted by molar-refractivity contribution is -0.146. The van der Waals surface area contributed by atoms with Crippen LogP contribution in [0.1, 0.15) is 12.2 Å². The first-order chi connectivity index (χ1) is 7.74. The summed E-state index contributed by atoms with van der Waals surface area (Å²) in [4.78, 5) is 18.0. The molecule has 0 aromatic carbocycles. The van der Waals surface area contributed by atoms with Gasteiger partial charge in [0.1, 0.15) is 5.82 Å². The third-order valence-corrected chi connectivity index (χ3v) is 3.47. The molecule has 0 spiro atoms. The van der Waals surface area contributed by atoms with Crippen LogP contribution in [0.5, 0.6) is 0 Å². The lowest BCUT2D eigenvalue weighted by atomic mass is 9.94. The number of hydrogen-bond donors (Lipinski definition) is 1. The SMILES string of the molecule is O=C(C1CCn2ccnc2C1)N1CC(O)C1. The van der Waals surface area contributed by atoms with Crippen molar-refractivity contribution in [3.05, 3.63) is 18.2 Å². The Morgan fingerprint density at radius 3 is 3.06 bits per heavy atom. The average Bonchev–Trinajstić information content (AvgIpc) is 2.70. The molecule has 16 heavy (non-hydrogen) atoms. The van der Waals surface area contributed by atoms with Crippen molar-refractivity contribution >= 4 is 5.91 Å². The number of rotatable bonds is 1. The molecule has 0 radical (unpaired) electrons. The van der Waals surface area contributed by atoms with Crippen LogP contribution >= 0.6 is 0 Å². The van der Waals surface area contributed by atoms with Crippen LogP contribution in [-0.4, -0.2) is 44.7 Å².